The van der Waals surface area contributed by atoms with Gasteiger partial charge in [-0.15, -0.1) is 0 Å². The van der Waals surface area contributed by atoms with Crippen LogP contribution in [0.3, 0.4) is 0 Å². The SMILES string of the molecule is O=C(NNC(=O)c1c[nH]c2ccccc12)c1cc(-c2ccncc2)nc2ccccc12. The monoisotopic (exact) mass is 407 g/mol. The molecule has 0 radical (unpaired) electrons. The molecule has 5 rings (SSSR count). The molecule has 0 unspecified atom stereocenters. The maximum absolute atomic E-state index is 13.0. The summed E-state index contributed by atoms with van der Waals surface area (Å²) in [6.45, 7) is 0. The number of benzene rings is 2. The molecule has 2 amide bonds. The Kier molecular flexibility index (Phi) is 4.61. The zero-order valence-corrected chi connectivity index (χ0v) is 16.3. The lowest BCUT2D eigenvalue weighted by atomic mass is 10.0. The lowest BCUT2D eigenvalue weighted by Crippen LogP contribution is -2.41. The van der Waals surface area contributed by atoms with Crippen LogP contribution in [0, 0.1) is 0 Å². The van der Waals surface area contributed by atoms with Gasteiger partial charge in [-0.25, -0.2) is 4.98 Å². The minimum absolute atomic E-state index is 0.404. The molecule has 0 atom stereocenters. The highest BCUT2D eigenvalue weighted by Gasteiger charge is 2.16. The first kappa shape index (κ1) is 18.5. The molecule has 0 aliphatic rings. The van der Waals surface area contributed by atoms with Crippen molar-refractivity contribution in [1.29, 1.82) is 0 Å². The van der Waals surface area contributed by atoms with Crippen molar-refractivity contribution < 1.29 is 9.59 Å². The van der Waals surface area contributed by atoms with Crippen molar-refractivity contribution in [1.82, 2.24) is 25.8 Å². The third-order valence-electron chi connectivity index (χ3n) is 5.06. The van der Waals surface area contributed by atoms with E-state index >= 15 is 0 Å². The standard InChI is InChI=1S/C24H17N5O2/c30-23(28-29-24(31)19-14-26-20-7-3-1-6-17(19)20)18-13-22(15-9-11-25-12-10-15)27-21-8-4-2-5-16(18)21/h1-14,26H,(H,28,30)(H,29,31). The van der Waals surface area contributed by atoms with E-state index in [2.05, 4.69) is 25.8 Å². The van der Waals surface area contributed by atoms with Crippen molar-refractivity contribution in [3.8, 4) is 11.3 Å². The first-order chi connectivity index (χ1) is 15.2. The Morgan fingerprint density at radius 1 is 0.774 bits per heavy atom. The van der Waals surface area contributed by atoms with Crippen molar-refractivity contribution in [2.24, 2.45) is 0 Å². The summed E-state index contributed by atoms with van der Waals surface area (Å²) in [5, 5.41) is 1.47. The fourth-order valence-electron chi connectivity index (χ4n) is 3.54. The highest BCUT2D eigenvalue weighted by molar-refractivity contribution is 6.10. The minimum Gasteiger partial charge on any atom is -0.360 e. The number of para-hydroxylation sites is 2. The van der Waals surface area contributed by atoms with Crippen LogP contribution in [0.25, 0.3) is 33.1 Å². The van der Waals surface area contributed by atoms with E-state index in [1.807, 2.05) is 60.7 Å². The maximum atomic E-state index is 13.0. The number of nitrogens with one attached hydrogen (secondary N) is 3. The van der Waals surface area contributed by atoms with Gasteiger partial charge in [-0.05, 0) is 30.3 Å². The van der Waals surface area contributed by atoms with Gasteiger partial charge in [0.25, 0.3) is 11.8 Å². The molecular formula is C24H17N5O2. The van der Waals surface area contributed by atoms with Crippen LogP contribution in [-0.2, 0) is 0 Å². The predicted molar refractivity (Wildman–Crippen MR) is 118 cm³/mol. The number of aromatic amines is 1. The Morgan fingerprint density at radius 3 is 2.26 bits per heavy atom. The van der Waals surface area contributed by atoms with Crippen molar-refractivity contribution in [2.75, 3.05) is 0 Å². The van der Waals surface area contributed by atoms with Gasteiger partial charge in [0.15, 0.2) is 0 Å². The van der Waals surface area contributed by atoms with E-state index in [0.29, 0.717) is 27.7 Å². The second-order valence-electron chi connectivity index (χ2n) is 6.96. The third-order valence-corrected chi connectivity index (χ3v) is 5.06. The molecule has 3 aromatic heterocycles. The number of hydrazine groups is 1. The van der Waals surface area contributed by atoms with E-state index in [-0.39, 0.29) is 0 Å². The van der Waals surface area contributed by atoms with Gasteiger partial charge < -0.3 is 4.98 Å². The van der Waals surface area contributed by atoms with Crippen LogP contribution in [0.5, 0.6) is 0 Å². The van der Waals surface area contributed by atoms with Gasteiger partial charge in [0.05, 0.1) is 22.3 Å². The van der Waals surface area contributed by atoms with Crippen molar-refractivity contribution in [3.05, 3.63) is 96.4 Å². The van der Waals surface area contributed by atoms with Crippen LogP contribution in [0.15, 0.2) is 85.3 Å². The number of fused-ring (bicyclic) bond motifs is 2. The lowest BCUT2D eigenvalue weighted by molar-refractivity contribution is 0.0848. The van der Waals surface area contributed by atoms with Crippen molar-refractivity contribution >= 4 is 33.6 Å². The van der Waals surface area contributed by atoms with Gasteiger partial charge in [0.1, 0.15) is 0 Å². The molecule has 0 saturated carbocycles. The Balaban J connectivity index is 1.44. The lowest BCUT2D eigenvalue weighted by Gasteiger charge is -2.11. The first-order valence-corrected chi connectivity index (χ1v) is 9.68. The average Bonchev–Trinajstić information content (AvgIpc) is 3.26. The highest BCUT2D eigenvalue weighted by Crippen LogP contribution is 2.24. The highest BCUT2D eigenvalue weighted by atomic mass is 16.2. The summed E-state index contributed by atoms with van der Waals surface area (Å²) in [4.78, 5) is 37.4. The topological polar surface area (TPSA) is 99.8 Å². The van der Waals surface area contributed by atoms with Crippen molar-refractivity contribution in [3.63, 3.8) is 0 Å². The van der Waals surface area contributed by atoms with Crippen LogP contribution >= 0.6 is 0 Å². The fraction of sp³-hybridized carbons (Fsp3) is 0. The quantitative estimate of drug-likeness (QED) is 0.396. The molecule has 5 aromatic rings. The van der Waals surface area contributed by atoms with E-state index < -0.39 is 11.8 Å². The summed E-state index contributed by atoms with van der Waals surface area (Å²) >= 11 is 0. The number of aromatic nitrogens is 3. The maximum Gasteiger partial charge on any atom is 0.271 e. The molecule has 150 valence electrons. The van der Waals surface area contributed by atoms with Crippen LogP contribution in [0.4, 0.5) is 0 Å². The van der Waals surface area contributed by atoms with Gasteiger partial charge in [-0.1, -0.05) is 36.4 Å². The van der Waals surface area contributed by atoms with Gasteiger partial charge in [-0.3, -0.25) is 25.4 Å². The summed E-state index contributed by atoms with van der Waals surface area (Å²) in [5.41, 5.74) is 8.93. The number of H-pyrrole nitrogens is 1. The number of rotatable bonds is 3. The number of amides is 2. The second kappa shape index (κ2) is 7.72. The molecule has 3 N–H and O–H groups in total. The summed E-state index contributed by atoms with van der Waals surface area (Å²) in [6.07, 6.45) is 4.97. The smallest absolute Gasteiger partial charge is 0.271 e. The molecule has 7 nitrogen and oxygen atoms in total. The van der Waals surface area contributed by atoms with Crippen LogP contribution < -0.4 is 10.9 Å². The zero-order chi connectivity index (χ0) is 21.2. The molecule has 0 saturated heterocycles. The molecule has 0 fully saturated rings. The van der Waals surface area contributed by atoms with Crippen LogP contribution in [0.1, 0.15) is 20.7 Å². The Morgan fingerprint density at radius 2 is 1.45 bits per heavy atom. The molecule has 0 aliphatic carbocycles. The summed E-state index contributed by atoms with van der Waals surface area (Å²) in [6, 6.07) is 20.2. The number of hydrogen-bond acceptors (Lipinski definition) is 4. The second-order valence-corrected chi connectivity index (χ2v) is 6.96. The normalized spacial score (nSPS) is 10.8. The zero-order valence-electron chi connectivity index (χ0n) is 16.3. The summed E-state index contributed by atoms with van der Waals surface area (Å²) in [7, 11) is 0. The Bertz CT molecular complexity index is 1430. The third kappa shape index (κ3) is 3.49. The first-order valence-electron chi connectivity index (χ1n) is 9.68. The molecule has 0 spiro atoms. The number of pyridine rings is 2. The molecule has 3 heterocycles. The number of carbonyl (C=O) groups excluding carboxylic acids is 2. The predicted octanol–water partition coefficient (Wildman–Crippen LogP) is 3.85. The van der Waals surface area contributed by atoms with Crippen molar-refractivity contribution in [2.45, 2.75) is 0 Å². The number of carbonyl (C=O) groups is 2. The molecule has 0 aliphatic heterocycles. The van der Waals surface area contributed by atoms with Crippen LogP contribution in [-0.4, -0.2) is 26.8 Å². The van der Waals surface area contributed by atoms with E-state index in [0.717, 1.165) is 16.5 Å². The Hall–Kier alpha value is -4.52. The van der Waals surface area contributed by atoms with Gasteiger partial charge in [0, 0.05) is 40.4 Å². The minimum atomic E-state index is -0.429. The molecule has 7 heteroatoms. The molecule has 2 aromatic carbocycles. The average molecular weight is 407 g/mol. The molecular weight excluding hydrogens is 390 g/mol. The fourth-order valence-corrected chi connectivity index (χ4v) is 3.54. The molecule has 0 bridgehead atoms. The molecule has 31 heavy (non-hydrogen) atoms. The van der Waals surface area contributed by atoms with E-state index in [4.69, 9.17) is 0 Å². The number of nitrogens with zero attached hydrogens (tertiary/aromatic N) is 2. The van der Waals surface area contributed by atoms with Gasteiger partial charge in [0.2, 0.25) is 0 Å². The largest absolute Gasteiger partial charge is 0.360 e. The summed E-state index contributed by atoms with van der Waals surface area (Å²) < 4.78 is 0. The van der Waals surface area contributed by atoms with E-state index in [9.17, 15) is 9.59 Å². The Labute approximate surface area is 177 Å². The number of hydrogen-bond donors (Lipinski definition) is 3. The van der Waals surface area contributed by atoms with E-state index in [1.54, 1.807) is 24.7 Å². The van der Waals surface area contributed by atoms with E-state index in [1.165, 1.54) is 0 Å². The summed E-state index contributed by atoms with van der Waals surface area (Å²) in [5.74, 6) is -0.833. The van der Waals surface area contributed by atoms with Gasteiger partial charge in [-0.2, -0.15) is 0 Å². The van der Waals surface area contributed by atoms with Crippen LogP contribution in [0.2, 0.25) is 0 Å². The van der Waals surface area contributed by atoms with Gasteiger partial charge >= 0.3 is 0 Å².